The van der Waals surface area contributed by atoms with E-state index >= 15 is 0 Å². The summed E-state index contributed by atoms with van der Waals surface area (Å²) < 4.78 is 0. The lowest BCUT2D eigenvalue weighted by Crippen LogP contribution is -2.28. The second-order valence-electron chi connectivity index (χ2n) is 6.59. The molecule has 5 nitrogen and oxygen atoms in total. The number of benzene rings is 1. The number of hydrogen-bond acceptors (Lipinski definition) is 4. The van der Waals surface area contributed by atoms with Gasteiger partial charge in [0.2, 0.25) is 0 Å². The van der Waals surface area contributed by atoms with Gasteiger partial charge in [-0.25, -0.2) is 0 Å². The van der Waals surface area contributed by atoms with Crippen LogP contribution >= 0.6 is 11.6 Å². The molecule has 0 saturated carbocycles. The summed E-state index contributed by atoms with van der Waals surface area (Å²) in [4.78, 5) is 14.4. The number of carbonyl (C=O) groups is 1. The van der Waals surface area contributed by atoms with Crippen molar-refractivity contribution in [3.05, 3.63) is 35.0 Å². The largest absolute Gasteiger partial charge is 0.398 e. The summed E-state index contributed by atoms with van der Waals surface area (Å²) in [5, 5.41) is 12.4. The molecule has 0 spiro atoms. The Morgan fingerprint density at radius 1 is 1.33 bits per heavy atom. The molecule has 3 N–H and O–H groups in total. The summed E-state index contributed by atoms with van der Waals surface area (Å²) in [6, 6.07) is 6.79. The smallest absolute Gasteiger partial charge is 0.267 e. The molecule has 0 bridgehead atoms. The third kappa shape index (κ3) is 6.51. The van der Waals surface area contributed by atoms with Gasteiger partial charge in [-0.3, -0.25) is 4.79 Å². The molecule has 1 amide bonds. The first-order valence-electron chi connectivity index (χ1n) is 7.95. The normalized spacial score (nSPS) is 11.5. The van der Waals surface area contributed by atoms with Gasteiger partial charge in [-0.15, -0.1) is 0 Å². The highest BCUT2D eigenvalue weighted by atomic mass is 35.5. The minimum atomic E-state index is -0.462. The predicted octanol–water partition coefficient (Wildman–Crippen LogP) is 3.88. The Kier molecular flexibility index (Phi) is 7.60. The topological polar surface area (TPSA) is 82.2 Å². The summed E-state index contributed by atoms with van der Waals surface area (Å²) in [5.41, 5.74) is 6.64. The number of halogens is 1. The van der Waals surface area contributed by atoms with Gasteiger partial charge in [0.15, 0.2) is 0 Å². The van der Waals surface area contributed by atoms with E-state index in [9.17, 15) is 10.1 Å². The lowest BCUT2D eigenvalue weighted by Gasteiger charge is -2.25. The van der Waals surface area contributed by atoms with Crippen molar-refractivity contribution in [3.8, 4) is 6.07 Å². The van der Waals surface area contributed by atoms with Crippen molar-refractivity contribution in [1.29, 1.82) is 5.26 Å². The van der Waals surface area contributed by atoms with Gasteiger partial charge < -0.3 is 16.0 Å². The number of nitrogens with one attached hydrogen (secondary N) is 1. The Morgan fingerprint density at radius 3 is 2.38 bits per heavy atom. The van der Waals surface area contributed by atoms with E-state index in [1.54, 1.807) is 24.4 Å². The van der Waals surface area contributed by atoms with Crippen LogP contribution < -0.4 is 11.1 Å². The zero-order valence-corrected chi connectivity index (χ0v) is 15.4. The quantitative estimate of drug-likeness (QED) is 0.445. The predicted molar refractivity (Wildman–Crippen MR) is 99.4 cm³/mol. The van der Waals surface area contributed by atoms with Crippen molar-refractivity contribution in [3.63, 3.8) is 0 Å². The maximum atomic E-state index is 12.3. The first-order chi connectivity index (χ1) is 11.2. The Morgan fingerprint density at radius 2 is 1.92 bits per heavy atom. The Bertz CT molecular complexity index is 637. The van der Waals surface area contributed by atoms with Gasteiger partial charge in [0.1, 0.15) is 11.6 Å². The van der Waals surface area contributed by atoms with Gasteiger partial charge in [-0.05, 0) is 30.0 Å². The maximum absolute atomic E-state index is 12.3. The van der Waals surface area contributed by atoms with Crippen LogP contribution in [0.4, 0.5) is 11.4 Å². The summed E-state index contributed by atoms with van der Waals surface area (Å²) in [5.74, 6) is 0.397. The number of nitrogens with zero attached hydrogens (tertiary/aromatic N) is 2. The van der Waals surface area contributed by atoms with Crippen LogP contribution in [0.5, 0.6) is 0 Å². The molecule has 0 heterocycles. The molecule has 0 saturated heterocycles. The van der Waals surface area contributed by atoms with E-state index in [2.05, 4.69) is 33.0 Å². The Balaban J connectivity index is 2.93. The van der Waals surface area contributed by atoms with Gasteiger partial charge in [0, 0.05) is 25.0 Å². The average molecular weight is 349 g/mol. The van der Waals surface area contributed by atoms with E-state index in [1.807, 2.05) is 11.0 Å². The third-order valence-electron chi connectivity index (χ3n) is 3.13. The number of hydrogen-bond donors (Lipinski definition) is 2. The van der Waals surface area contributed by atoms with Crippen LogP contribution in [0.2, 0.25) is 5.02 Å². The summed E-state index contributed by atoms with van der Waals surface area (Å²) >= 11 is 5.95. The SMILES string of the molecule is CC(C)CN(/C=C(/C#N)C(=O)Nc1ccc(N)c(Cl)c1)CC(C)C. The number of nitriles is 1. The Hall–Kier alpha value is -2.19. The minimum absolute atomic E-state index is 0.0595. The number of nitrogen functional groups attached to an aromatic ring is 1. The number of carbonyl (C=O) groups excluding carboxylic acids is 1. The van der Waals surface area contributed by atoms with Crippen LogP contribution in [0.25, 0.3) is 0 Å². The number of rotatable bonds is 7. The molecule has 0 aliphatic rings. The lowest BCUT2D eigenvalue weighted by atomic mass is 10.1. The molecular weight excluding hydrogens is 324 g/mol. The van der Waals surface area contributed by atoms with E-state index in [1.165, 1.54) is 0 Å². The summed E-state index contributed by atoms with van der Waals surface area (Å²) in [6.45, 7) is 9.97. The van der Waals surface area contributed by atoms with Crippen LogP contribution in [-0.4, -0.2) is 23.9 Å². The van der Waals surface area contributed by atoms with Gasteiger partial charge in [-0.2, -0.15) is 5.26 Å². The molecule has 24 heavy (non-hydrogen) atoms. The molecule has 6 heteroatoms. The molecule has 1 rings (SSSR count). The molecule has 0 aliphatic carbocycles. The number of amides is 1. The van der Waals surface area contributed by atoms with Crippen molar-refractivity contribution in [2.24, 2.45) is 11.8 Å². The van der Waals surface area contributed by atoms with Crippen molar-refractivity contribution >= 4 is 28.9 Å². The van der Waals surface area contributed by atoms with Crippen LogP contribution in [0.15, 0.2) is 30.0 Å². The van der Waals surface area contributed by atoms with E-state index in [4.69, 9.17) is 17.3 Å². The van der Waals surface area contributed by atoms with Gasteiger partial charge in [0.25, 0.3) is 5.91 Å². The minimum Gasteiger partial charge on any atom is -0.398 e. The van der Waals surface area contributed by atoms with Crippen molar-refractivity contribution in [2.45, 2.75) is 27.7 Å². The van der Waals surface area contributed by atoms with Crippen LogP contribution in [0.3, 0.4) is 0 Å². The standard InChI is InChI=1S/C18H25ClN4O/c1-12(2)9-23(10-13(3)4)11-14(8-20)18(24)22-15-5-6-17(21)16(19)7-15/h5-7,11-13H,9-10,21H2,1-4H3,(H,22,24)/b14-11-. The first kappa shape index (κ1) is 19.9. The molecule has 1 aromatic carbocycles. The third-order valence-corrected chi connectivity index (χ3v) is 3.46. The molecule has 0 aliphatic heterocycles. The second-order valence-corrected chi connectivity index (χ2v) is 6.99. The lowest BCUT2D eigenvalue weighted by molar-refractivity contribution is -0.112. The fourth-order valence-corrected chi connectivity index (χ4v) is 2.42. The van der Waals surface area contributed by atoms with Gasteiger partial charge >= 0.3 is 0 Å². The molecule has 0 atom stereocenters. The highest BCUT2D eigenvalue weighted by Gasteiger charge is 2.14. The molecule has 0 unspecified atom stereocenters. The zero-order valence-electron chi connectivity index (χ0n) is 14.6. The highest BCUT2D eigenvalue weighted by Crippen LogP contribution is 2.23. The fourth-order valence-electron chi connectivity index (χ4n) is 2.24. The van der Waals surface area contributed by atoms with Crippen molar-refractivity contribution in [1.82, 2.24) is 4.90 Å². The molecule has 0 aromatic heterocycles. The summed E-state index contributed by atoms with van der Waals surface area (Å²) in [7, 11) is 0. The second kappa shape index (κ2) is 9.19. The maximum Gasteiger partial charge on any atom is 0.267 e. The highest BCUT2D eigenvalue weighted by molar-refractivity contribution is 6.33. The number of anilines is 2. The van der Waals surface area contributed by atoms with Crippen LogP contribution in [-0.2, 0) is 4.79 Å². The monoisotopic (exact) mass is 348 g/mol. The van der Waals surface area contributed by atoms with E-state index in [0.717, 1.165) is 13.1 Å². The molecule has 1 aromatic rings. The number of nitrogens with two attached hydrogens (primary N) is 1. The zero-order chi connectivity index (χ0) is 18.3. The van der Waals surface area contributed by atoms with E-state index in [-0.39, 0.29) is 5.57 Å². The molecule has 0 radical (unpaired) electrons. The van der Waals surface area contributed by atoms with Crippen LogP contribution in [0, 0.1) is 23.2 Å². The van der Waals surface area contributed by atoms with Crippen molar-refractivity contribution in [2.75, 3.05) is 24.1 Å². The van der Waals surface area contributed by atoms with Gasteiger partial charge in [0.05, 0.1) is 10.7 Å². The molecule has 0 fully saturated rings. The van der Waals surface area contributed by atoms with Crippen LogP contribution in [0.1, 0.15) is 27.7 Å². The molecule has 130 valence electrons. The first-order valence-corrected chi connectivity index (χ1v) is 8.33. The van der Waals surface area contributed by atoms with E-state index in [0.29, 0.717) is 28.2 Å². The van der Waals surface area contributed by atoms with Crippen molar-refractivity contribution < 1.29 is 4.79 Å². The average Bonchev–Trinajstić information content (AvgIpc) is 2.47. The Labute approximate surface area is 149 Å². The summed E-state index contributed by atoms with van der Waals surface area (Å²) in [6.07, 6.45) is 1.63. The fraction of sp³-hybridized carbons (Fsp3) is 0.444. The molecular formula is C18H25ClN4O. The van der Waals surface area contributed by atoms with Gasteiger partial charge in [-0.1, -0.05) is 39.3 Å². The van der Waals surface area contributed by atoms with E-state index < -0.39 is 5.91 Å².